The normalized spacial score (nSPS) is 22.1. The summed E-state index contributed by atoms with van der Waals surface area (Å²) in [4.78, 5) is 41.3. The van der Waals surface area contributed by atoms with Gasteiger partial charge in [0.15, 0.2) is 5.13 Å². The highest BCUT2D eigenvalue weighted by Crippen LogP contribution is 2.40. The van der Waals surface area contributed by atoms with E-state index in [9.17, 15) is 19.5 Å². The van der Waals surface area contributed by atoms with Crippen molar-refractivity contribution < 1.29 is 19.5 Å². The quantitative estimate of drug-likeness (QED) is 0.508. The first-order valence-electron chi connectivity index (χ1n) is 7.09. The zero-order chi connectivity index (χ0) is 18.3. The van der Waals surface area contributed by atoms with Crippen LogP contribution in [0.1, 0.15) is 5.69 Å². The third-order valence-corrected chi connectivity index (χ3v) is 5.81. The van der Waals surface area contributed by atoms with Gasteiger partial charge in [-0.15, -0.1) is 23.1 Å². The van der Waals surface area contributed by atoms with Gasteiger partial charge < -0.3 is 16.2 Å². The molecule has 0 spiro atoms. The predicted molar refractivity (Wildman–Crippen MR) is 95.4 cm³/mol. The van der Waals surface area contributed by atoms with Gasteiger partial charge in [-0.2, -0.15) is 0 Å². The molecule has 130 valence electrons. The van der Waals surface area contributed by atoms with E-state index in [4.69, 9.17) is 5.73 Å². The van der Waals surface area contributed by atoms with E-state index in [1.54, 1.807) is 5.38 Å². The molecule has 0 radical (unpaired) electrons. The second kappa shape index (κ2) is 6.37. The van der Waals surface area contributed by atoms with Gasteiger partial charge in [-0.25, -0.2) is 9.78 Å². The number of nitrogen functional groups attached to an aromatic ring is 1. The number of aromatic nitrogens is 1. The number of nitrogens with zero attached hydrogens (tertiary/aromatic N) is 2. The number of fused-ring (bicyclic) bond motifs is 1. The van der Waals surface area contributed by atoms with E-state index in [-0.39, 0.29) is 11.3 Å². The number of hydrogen-bond acceptors (Lipinski definition) is 7. The van der Waals surface area contributed by atoms with Crippen LogP contribution in [0.4, 0.5) is 5.13 Å². The van der Waals surface area contributed by atoms with Crippen LogP contribution in [0.3, 0.4) is 0 Å². The van der Waals surface area contributed by atoms with Crippen molar-refractivity contribution >= 4 is 51.6 Å². The molecule has 0 saturated carbocycles. The topological polar surface area (TPSA) is 126 Å². The maximum atomic E-state index is 12.4. The molecule has 3 rings (SSSR count). The van der Waals surface area contributed by atoms with E-state index in [2.05, 4.69) is 23.5 Å². The molecule has 4 N–H and O–H groups in total. The fourth-order valence-electron chi connectivity index (χ4n) is 2.57. The highest BCUT2D eigenvalue weighted by atomic mass is 32.2. The third-order valence-electron chi connectivity index (χ3n) is 3.84. The number of amides is 2. The molecule has 2 atom stereocenters. The van der Waals surface area contributed by atoms with E-state index in [1.165, 1.54) is 34.1 Å². The summed E-state index contributed by atoms with van der Waals surface area (Å²) >= 11 is 2.55. The van der Waals surface area contributed by atoms with E-state index < -0.39 is 29.2 Å². The Bertz CT molecular complexity index is 844. The SMILES string of the molecule is C=CC1=C(C(=O)O)N2C(=O)C(NC(=O)C(=C)c3csc(N)n3)C2SC1. The summed E-state index contributed by atoms with van der Waals surface area (Å²) in [5.74, 6) is -1.82. The van der Waals surface area contributed by atoms with Crippen molar-refractivity contribution in [2.24, 2.45) is 0 Å². The Morgan fingerprint density at radius 1 is 1.52 bits per heavy atom. The molecule has 25 heavy (non-hydrogen) atoms. The number of nitrogens with two attached hydrogens (primary N) is 1. The maximum Gasteiger partial charge on any atom is 0.352 e. The highest BCUT2D eigenvalue weighted by molar-refractivity contribution is 8.00. The van der Waals surface area contributed by atoms with Crippen LogP contribution >= 0.6 is 23.1 Å². The number of carboxylic acid groups (broad SMARTS) is 1. The summed E-state index contributed by atoms with van der Waals surface area (Å²) in [6.07, 6.45) is 1.43. The van der Waals surface area contributed by atoms with Crippen LogP contribution < -0.4 is 11.1 Å². The van der Waals surface area contributed by atoms with Crippen LogP contribution in [-0.2, 0) is 14.4 Å². The molecule has 0 bridgehead atoms. The molecule has 2 aliphatic heterocycles. The lowest BCUT2D eigenvalue weighted by Crippen LogP contribution is -2.70. The standard InChI is InChI=1S/C15H14N4O4S2/c1-3-7-4-24-13-9(12(21)19(13)10(7)14(22)23)18-11(20)6(2)8-5-25-15(16)17-8/h3,5,9,13H,1-2,4H2,(H2,16,17)(H,18,20)(H,22,23). The van der Waals surface area contributed by atoms with E-state index in [0.29, 0.717) is 22.2 Å². The van der Waals surface area contributed by atoms with Crippen molar-refractivity contribution in [2.75, 3.05) is 11.5 Å². The van der Waals surface area contributed by atoms with Crippen LogP contribution in [-0.4, -0.2) is 49.9 Å². The molecular weight excluding hydrogens is 364 g/mol. The number of β-lactam (4-membered cyclic amide) rings is 1. The summed E-state index contributed by atoms with van der Waals surface area (Å²) in [6.45, 7) is 7.26. The lowest BCUT2D eigenvalue weighted by atomic mass is 10.0. The van der Waals surface area contributed by atoms with Gasteiger partial charge in [0.05, 0.1) is 11.3 Å². The molecule has 2 unspecified atom stereocenters. The molecule has 1 fully saturated rings. The number of nitrogens with one attached hydrogen (secondary N) is 1. The molecular formula is C15H14N4O4S2. The van der Waals surface area contributed by atoms with E-state index >= 15 is 0 Å². The Morgan fingerprint density at radius 3 is 2.80 bits per heavy atom. The largest absolute Gasteiger partial charge is 0.477 e. The van der Waals surface area contributed by atoms with Gasteiger partial charge >= 0.3 is 5.97 Å². The van der Waals surface area contributed by atoms with Gasteiger partial charge in [-0.3, -0.25) is 14.5 Å². The average Bonchev–Trinajstić information content (AvgIpc) is 3.03. The molecule has 10 heteroatoms. The fraction of sp³-hybridized carbons (Fsp3) is 0.200. The minimum atomic E-state index is -1.19. The van der Waals surface area contributed by atoms with Crippen molar-refractivity contribution in [3.05, 3.63) is 41.6 Å². The summed E-state index contributed by atoms with van der Waals surface area (Å²) < 4.78 is 0. The van der Waals surface area contributed by atoms with Crippen LogP contribution in [0, 0.1) is 0 Å². The summed E-state index contributed by atoms with van der Waals surface area (Å²) in [7, 11) is 0. The zero-order valence-electron chi connectivity index (χ0n) is 12.9. The lowest BCUT2D eigenvalue weighted by molar-refractivity contribution is -0.150. The molecule has 0 aromatic carbocycles. The molecule has 2 amide bonds. The number of thioether (sulfide) groups is 1. The molecule has 2 aliphatic rings. The monoisotopic (exact) mass is 378 g/mol. The average molecular weight is 378 g/mol. The Labute approximate surface area is 151 Å². The minimum absolute atomic E-state index is 0.0830. The predicted octanol–water partition coefficient (Wildman–Crippen LogP) is 0.663. The molecule has 8 nitrogen and oxygen atoms in total. The van der Waals surface area contributed by atoms with Crippen LogP contribution in [0.2, 0.25) is 0 Å². The number of thiazole rings is 1. The van der Waals surface area contributed by atoms with E-state index in [0.717, 1.165) is 0 Å². The molecule has 3 heterocycles. The van der Waals surface area contributed by atoms with Crippen LogP contribution in [0.15, 0.2) is 35.9 Å². The maximum absolute atomic E-state index is 12.4. The number of hydrogen-bond donors (Lipinski definition) is 3. The van der Waals surface area contributed by atoms with Crippen molar-refractivity contribution in [2.45, 2.75) is 11.4 Å². The highest BCUT2D eigenvalue weighted by Gasteiger charge is 2.54. The van der Waals surface area contributed by atoms with Gasteiger partial charge in [-0.1, -0.05) is 19.2 Å². The Balaban J connectivity index is 1.75. The summed E-state index contributed by atoms with van der Waals surface area (Å²) in [6, 6.07) is -0.814. The molecule has 1 aromatic rings. The number of anilines is 1. The number of allylic oxidation sites excluding steroid dienone is 1. The Morgan fingerprint density at radius 2 is 2.24 bits per heavy atom. The first-order chi connectivity index (χ1) is 11.8. The number of carboxylic acids is 1. The second-order valence-electron chi connectivity index (χ2n) is 5.29. The lowest BCUT2D eigenvalue weighted by Gasteiger charge is -2.49. The molecule has 1 aromatic heterocycles. The minimum Gasteiger partial charge on any atom is -0.477 e. The van der Waals surface area contributed by atoms with E-state index in [1.807, 2.05) is 0 Å². The van der Waals surface area contributed by atoms with Crippen molar-refractivity contribution in [1.82, 2.24) is 15.2 Å². The van der Waals surface area contributed by atoms with Crippen LogP contribution in [0.25, 0.3) is 5.57 Å². The number of carbonyl (C=O) groups is 3. The van der Waals surface area contributed by atoms with Crippen molar-refractivity contribution in [1.29, 1.82) is 0 Å². The van der Waals surface area contributed by atoms with Crippen molar-refractivity contribution in [3.8, 4) is 0 Å². The number of carbonyl (C=O) groups excluding carboxylic acids is 2. The second-order valence-corrected chi connectivity index (χ2v) is 7.29. The number of aliphatic carboxylic acids is 1. The first kappa shape index (κ1) is 17.2. The van der Waals surface area contributed by atoms with Crippen LogP contribution in [0.5, 0.6) is 0 Å². The number of rotatable bonds is 5. The Hall–Kier alpha value is -2.59. The van der Waals surface area contributed by atoms with Crippen molar-refractivity contribution in [3.63, 3.8) is 0 Å². The molecule has 1 saturated heterocycles. The summed E-state index contributed by atoms with van der Waals surface area (Å²) in [5, 5.41) is 13.4. The first-order valence-corrected chi connectivity index (χ1v) is 9.02. The Kier molecular flexibility index (Phi) is 4.39. The summed E-state index contributed by atoms with van der Waals surface area (Å²) in [5.41, 5.74) is 6.38. The zero-order valence-corrected chi connectivity index (χ0v) is 14.5. The smallest absolute Gasteiger partial charge is 0.352 e. The van der Waals surface area contributed by atoms with Gasteiger partial charge in [0.2, 0.25) is 0 Å². The third kappa shape index (κ3) is 2.83. The fourth-order valence-corrected chi connectivity index (χ4v) is 4.49. The van der Waals surface area contributed by atoms with Gasteiger partial charge in [0.25, 0.3) is 11.8 Å². The van der Waals surface area contributed by atoms with Gasteiger partial charge in [0, 0.05) is 11.1 Å². The van der Waals surface area contributed by atoms with Gasteiger partial charge in [-0.05, 0) is 5.57 Å². The molecule has 0 aliphatic carbocycles. The van der Waals surface area contributed by atoms with Gasteiger partial charge in [0.1, 0.15) is 17.1 Å².